The molecule has 0 radical (unpaired) electrons. The molecule has 2 aromatic carbocycles. The second kappa shape index (κ2) is 7.70. The van der Waals surface area contributed by atoms with Gasteiger partial charge in [-0.25, -0.2) is 18.7 Å². The molecule has 8 heteroatoms. The van der Waals surface area contributed by atoms with Crippen molar-refractivity contribution in [2.24, 2.45) is 0 Å². The highest BCUT2D eigenvalue weighted by Crippen LogP contribution is 2.38. The number of carbonyl (C=O) groups is 1. The highest BCUT2D eigenvalue weighted by molar-refractivity contribution is 7.17. The van der Waals surface area contributed by atoms with Crippen LogP contribution in [0.4, 0.5) is 14.5 Å². The molecule has 0 spiro atoms. The summed E-state index contributed by atoms with van der Waals surface area (Å²) in [6.07, 6.45) is 6.23. The number of thiazole rings is 1. The Morgan fingerprint density at radius 3 is 2.71 bits per heavy atom. The average molecular weight is 436 g/mol. The summed E-state index contributed by atoms with van der Waals surface area (Å²) >= 11 is 1.25. The van der Waals surface area contributed by atoms with Gasteiger partial charge in [-0.3, -0.25) is 4.79 Å². The summed E-state index contributed by atoms with van der Waals surface area (Å²) in [6, 6.07) is 9.71. The molecular formula is C23H18F2N4OS. The maximum Gasteiger partial charge on any atom is 0.284 e. The van der Waals surface area contributed by atoms with Crippen LogP contribution in [0, 0.1) is 18.6 Å². The molecule has 5 rings (SSSR count). The number of hydrogen-bond acceptors (Lipinski definition) is 4. The van der Waals surface area contributed by atoms with Crippen molar-refractivity contribution in [3.05, 3.63) is 82.5 Å². The third-order valence-electron chi connectivity index (χ3n) is 5.39. The number of nitrogens with one attached hydrogen (secondary N) is 1. The number of benzene rings is 2. The first-order valence-electron chi connectivity index (χ1n) is 9.90. The largest absolute Gasteiger partial charge is 0.315 e. The van der Waals surface area contributed by atoms with E-state index in [0.717, 1.165) is 59.0 Å². The monoisotopic (exact) mass is 436 g/mol. The fourth-order valence-electron chi connectivity index (χ4n) is 3.85. The quantitative estimate of drug-likeness (QED) is 0.473. The summed E-state index contributed by atoms with van der Waals surface area (Å²) in [6.45, 7) is 1.94. The summed E-state index contributed by atoms with van der Waals surface area (Å²) < 4.78 is 29.9. The van der Waals surface area contributed by atoms with Crippen molar-refractivity contribution >= 4 is 22.9 Å². The zero-order valence-corrected chi connectivity index (χ0v) is 17.5. The first kappa shape index (κ1) is 19.6. The second-order valence-electron chi connectivity index (χ2n) is 7.39. The van der Waals surface area contributed by atoms with Crippen LogP contribution in [0.1, 0.15) is 33.3 Å². The van der Waals surface area contributed by atoms with Crippen LogP contribution in [0.15, 0.2) is 48.8 Å². The Kier molecular flexibility index (Phi) is 4.86. The van der Waals surface area contributed by atoms with Crippen molar-refractivity contribution in [1.82, 2.24) is 14.5 Å². The molecule has 1 aliphatic rings. The molecule has 2 heterocycles. The number of nitrogens with zero attached hydrogens (tertiary/aromatic N) is 3. The smallest absolute Gasteiger partial charge is 0.284 e. The maximum absolute atomic E-state index is 13.9. The fraction of sp³-hybridized carbons (Fsp3) is 0.174. The second-order valence-corrected chi connectivity index (χ2v) is 8.38. The normalized spacial score (nSPS) is 12.7. The number of anilines is 1. The van der Waals surface area contributed by atoms with Crippen LogP contribution in [-0.2, 0) is 12.8 Å². The van der Waals surface area contributed by atoms with E-state index in [9.17, 15) is 13.6 Å². The van der Waals surface area contributed by atoms with Crippen LogP contribution in [0.3, 0.4) is 0 Å². The standard InChI is InChI=1S/C23H18F2N4OS/c1-13-26-10-11-29(13)15-9-8-14-4-2-7-19-21(16(14)12-15)31-23(27-19)22(30)28-20-17(24)5-3-6-18(20)25/h3,5-6,8-12H,2,4,7H2,1H3,(H,28,30). The Labute approximate surface area is 181 Å². The van der Waals surface area contributed by atoms with Gasteiger partial charge < -0.3 is 9.88 Å². The van der Waals surface area contributed by atoms with Gasteiger partial charge in [-0.1, -0.05) is 12.1 Å². The molecule has 0 unspecified atom stereocenters. The van der Waals surface area contributed by atoms with E-state index in [1.54, 1.807) is 6.20 Å². The molecule has 0 bridgehead atoms. The molecule has 2 aromatic heterocycles. The number of imidazole rings is 1. The highest BCUT2D eigenvalue weighted by Gasteiger charge is 2.24. The number of aryl methyl sites for hydroxylation is 3. The number of para-hydroxylation sites is 1. The van der Waals surface area contributed by atoms with E-state index in [0.29, 0.717) is 0 Å². The molecule has 1 N–H and O–H groups in total. The molecule has 156 valence electrons. The minimum absolute atomic E-state index is 0.185. The number of halogens is 2. The molecule has 1 aliphatic carbocycles. The lowest BCUT2D eigenvalue weighted by Crippen LogP contribution is -2.14. The number of fused-ring (bicyclic) bond motifs is 3. The first-order chi connectivity index (χ1) is 15.0. The van der Waals surface area contributed by atoms with E-state index in [1.165, 1.54) is 23.0 Å². The lowest BCUT2D eigenvalue weighted by Gasteiger charge is -2.11. The Morgan fingerprint density at radius 1 is 1.16 bits per heavy atom. The van der Waals surface area contributed by atoms with Crippen molar-refractivity contribution in [3.8, 4) is 16.1 Å². The van der Waals surface area contributed by atoms with Crippen molar-refractivity contribution < 1.29 is 13.6 Å². The number of carbonyl (C=O) groups excluding carboxylic acids is 1. The molecule has 5 nitrogen and oxygen atoms in total. The van der Waals surface area contributed by atoms with Crippen molar-refractivity contribution in [3.63, 3.8) is 0 Å². The number of hydrogen-bond donors (Lipinski definition) is 1. The van der Waals surface area contributed by atoms with Gasteiger partial charge >= 0.3 is 0 Å². The molecule has 1 amide bonds. The fourth-order valence-corrected chi connectivity index (χ4v) is 4.91. The van der Waals surface area contributed by atoms with E-state index in [-0.39, 0.29) is 5.01 Å². The van der Waals surface area contributed by atoms with Gasteiger partial charge in [0.05, 0.1) is 10.6 Å². The Balaban J connectivity index is 1.53. The van der Waals surface area contributed by atoms with Crippen molar-refractivity contribution in [2.75, 3.05) is 5.32 Å². The summed E-state index contributed by atoms with van der Waals surface area (Å²) in [5, 5.41) is 2.52. The predicted molar refractivity (Wildman–Crippen MR) is 116 cm³/mol. The number of aromatic nitrogens is 3. The van der Waals surface area contributed by atoms with E-state index >= 15 is 0 Å². The van der Waals surface area contributed by atoms with Crippen molar-refractivity contribution in [2.45, 2.75) is 26.2 Å². The van der Waals surface area contributed by atoms with Gasteiger partial charge in [0.1, 0.15) is 23.1 Å². The zero-order chi connectivity index (χ0) is 21.5. The minimum Gasteiger partial charge on any atom is -0.315 e. The van der Waals surface area contributed by atoms with Crippen molar-refractivity contribution in [1.29, 1.82) is 0 Å². The van der Waals surface area contributed by atoms with E-state index < -0.39 is 23.2 Å². The molecular weight excluding hydrogens is 418 g/mol. The van der Waals surface area contributed by atoms with Crippen LogP contribution >= 0.6 is 11.3 Å². The predicted octanol–water partition coefficient (Wildman–Crippen LogP) is 5.32. The average Bonchev–Trinajstić information content (AvgIpc) is 3.34. The lowest BCUT2D eigenvalue weighted by molar-refractivity contribution is 0.102. The summed E-state index contributed by atoms with van der Waals surface area (Å²) in [5.74, 6) is -1.38. The SMILES string of the molecule is Cc1nccn1-c1ccc2c(c1)-c1sc(C(=O)Nc3c(F)cccc3F)nc1CCC2. The Morgan fingerprint density at radius 2 is 1.97 bits per heavy atom. The lowest BCUT2D eigenvalue weighted by atomic mass is 10.0. The highest BCUT2D eigenvalue weighted by atomic mass is 32.1. The Hall–Kier alpha value is -3.39. The molecule has 4 aromatic rings. The van der Waals surface area contributed by atoms with Crippen LogP contribution < -0.4 is 5.32 Å². The minimum atomic E-state index is -0.822. The number of rotatable bonds is 3. The topological polar surface area (TPSA) is 59.8 Å². The zero-order valence-electron chi connectivity index (χ0n) is 16.7. The third-order valence-corrected chi connectivity index (χ3v) is 6.52. The van der Waals surface area contributed by atoms with E-state index in [1.807, 2.05) is 17.7 Å². The van der Waals surface area contributed by atoms with Gasteiger partial charge in [0, 0.05) is 18.1 Å². The van der Waals surface area contributed by atoms with Crippen LogP contribution in [0.2, 0.25) is 0 Å². The summed E-state index contributed by atoms with van der Waals surface area (Å²) in [4.78, 5) is 22.5. The molecule has 0 fully saturated rings. The van der Waals surface area contributed by atoms with Gasteiger partial charge in [-0.2, -0.15) is 0 Å². The maximum atomic E-state index is 13.9. The molecule has 0 saturated heterocycles. The Bertz CT molecular complexity index is 1290. The summed E-state index contributed by atoms with van der Waals surface area (Å²) in [7, 11) is 0. The first-order valence-corrected chi connectivity index (χ1v) is 10.7. The van der Waals surface area contributed by atoms with Crippen LogP contribution in [-0.4, -0.2) is 20.4 Å². The van der Waals surface area contributed by atoms with Crippen LogP contribution in [0.25, 0.3) is 16.1 Å². The molecule has 31 heavy (non-hydrogen) atoms. The molecule has 0 atom stereocenters. The van der Waals surface area contributed by atoms with E-state index in [2.05, 4.69) is 33.5 Å². The molecule has 0 saturated carbocycles. The van der Waals surface area contributed by atoms with Gasteiger partial charge in [-0.15, -0.1) is 11.3 Å². The van der Waals surface area contributed by atoms with Crippen LogP contribution in [0.5, 0.6) is 0 Å². The van der Waals surface area contributed by atoms with Gasteiger partial charge in [0.25, 0.3) is 5.91 Å². The van der Waals surface area contributed by atoms with Gasteiger partial charge in [0.2, 0.25) is 0 Å². The molecule has 0 aliphatic heterocycles. The van der Waals surface area contributed by atoms with Gasteiger partial charge in [-0.05, 0) is 61.6 Å². The number of amides is 1. The third kappa shape index (κ3) is 3.53. The van der Waals surface area contributed by atoms with Gasteiger partial charge in [0.15, 0.2) is 5.01 Å². The van der Waals surface area contributed by atoms with E-state index in [4.69, 9.17) is 0 Å². The summed E-state index contributed by atoms with van der Waals surface area (Å²) in [5.41, 5.74) is 3.58.